The van der Waals surface area contributed by atoms with E-state index in [1.807, 2.05) is 6.07 Å². The van der Waals surface area contributed by atoms with Crippen molar-refractivity contribution in [3.63, 3.8) is 0 Å². The molecular formula is C17H18FNOS. The molecule has 1 aromatic carbocycles. The third kappa shape index (κ3) is 2.51. The Morgan fingerprint density at radius 2 is 2.10 bits per heavy atom. The van der Waals surface area contributed by atoms with E-state index in [1.165, 1.54) is 49.4 Å². The van der Waals surface area contributed by atoms with Crippen molar-refractivity contribution in [1.29, 1.82) is 0 Å². The Morgan fingerprint density at radius 1 is 1.29 bits per heavy atom. The summed E-state index contributed by atoms with van der Waals surface area (Å²) in [4.78, 5) is 15.8. The molecule has 5 rings (SSSR count). The summed E-state index contributed by atoms with van der Waals surface area (Å²) in [7, 11) is 0. The van der Waals surface area contributed by atoms with Gasteiger partial charge in [0, 0.05) is 17.7 Å². The third-order valence-electron chi connectivity index (χ3n) is 4.99. The van der Waals surface area contributed by atoms with Crippen LogP contribution in [0.25, 0.3) is 10.1 Å². The fraction of sp³-hybridized carbons (Fsp3) is 0.471. The Labute approximate surface area is 127 Å². The van der Waals surface area contributed by atoms with E-state index in [2.05, 4.69) is 4.90 Å². The van der Waals surface area contributed by atoms with Gasteiger partial charge in [0.05, 0.1) is 4.88 Å². The Kier molecular flexibility index (Phi) is 3.31. The van der Waals surface area contributed by atoms with E-state index in [0.717, 1.165) is 27.4 Å². The molecule has 0 aliphatic carbocycles. The van der Waals surface area contributed by atoms with Crippen molar-refractivity contribution in [1.82, 2.24) is 4.90 Å². The van der Waals surface area contributed by atoms with Crippen LogP contribution < -0.4 is 0 Å². The van der Waals surface area contributed by atoms with Crippen LogP contribution in [0.2, 0.25) is 0 Å². The van der Waals surface area contributed by atoms with E-state index in [4.69, 9.17) is 0 Å². The van der Waals surface area contributed by atoms with Gasteiger partial charge in [-0.25, -0.2) is 4.39 Å². The van der Waals surface area contributed by atoms with Crippen molar-refractivity contribution < 1.29 is 9.18 Å². The van der Waals surface area contributed by atoms with E-state index < -0.39 is 0 Å². The van der Waals surface area contributed by atoms with Gasteiger partial charge in [-0.05, 0) is 67.4 Å². The first-order valence-corrected chi connectivity index (χ1v) is 8.45. The number of Topliss-reactive ketones (excluding diaryl/α,β-unsaturated/α-hetero) is 1. The molecule has 4 heteroatoms. The zero-order chi connectivity index (χ0) is 14.4. The van der Waals surface area contributed by atoms with Gasteiger partial charge in [0.1, 0.15) is 5.82 Å². The summed E-state index contributed by atoms with van der Waals surface area (Å²) < 4.78 is 14.2. The number of piperidine rings is 3. The van der Waals surface area contributed by atoms with E-state index in [0.29, 0.717) is 12.3 Å². The summed E-state index contributed by atoms with van der Waals surface area (Å²) in [6, 6.07) is 6.59. The third-order valence-corrected chi connectivity index (χ3v) is 6.15. The number of carbonyl (C=O) groups excluding carboxylic acids is 1. The lowest BCUT2D eigenvalue weighted by Crippen LogP contribution is -2.47. The van der Waals surface area contributed by atoms with Crippen LogP contribution in [-0.2, 0) is 0 Å². The number of benzene rings is 1. The lowest BCUT2D eigenvalue weighted by Gasteiger charge is -2.44. The number of thiophene rings is 1. The molecule has 4 heterocycles. The Hall–Kier alpha value is -1.26. The van der Waals surface area contributed by atoms with Gasteiger partial charge in [-0.3, -0.25) is 4.79 Å². The fourth-order valence-electron chi connectivity index (χ4n) is 3.81. The molecule has 0 radical (unpaired) electrons. The second-order valence-corrected chi connectivity index (χ2v) is 7.40. The number of nitrogens with zero attached hydrogens (tertiary/aromatic N) is 1. The standard InChI is InChI=1S/C17H18FNOS/c18-14-1-2-16-12(7-14)9-17(21-16)15(20)8-13-10-19-5-3-11(13)4-6-19/h1-2,7,9,11,13H,3-6,8,10H2/t13-/m0/s1. The number of fused-ring (bicyclic) bond motifs is 4. The SMILES string of the molecule is O=C(C[C@H]1CN2CCC1CC2)c1cc2cc(F)ccc2s1. The van der Waals surface area contributed by atoms with E-state index >= 15 is 0 Å². The van der Waals surface area contributed by atoms with Crippen molar-refractivity contribution in [2.75, 3.05) is 19.6 Å². The van der Waals surface area contributed by atoms with E-state index in [-0.39, 0.29) is 11.6 Å². The zero-order valence-electron chi connectivity index (χ0n) is 11.8. The predicted molar refractivity (Wildman–Crippen MR) is 83.4 cm³/mol. The predicted octanol–water partition coefficient (Wildman–Crippen LogP) is 3.96. The first-order chi connectivity index (χ1) is 10.2. The molecule has 1 aromatic heterocycles. The van der Waals surface area contributed by atoms with Crippen LogP contribution in [-0.4, -0.2) is 30.3 Å². The molecule has 21 heavy (non-hydrogen) atoms. The molecule has 0 unspecified atom stereocenters. The summed E-state index contributed by atoms with van der Waals surface area (Å²) in [6.45, 7) is 3.49. The summed E-state index contributed by atoms with van der Waals surface area (Å²) >= 11 is 1.49. The minimum Gasteiger partial charge on any atom is -0.303 e. The molecule has 3 aliphatic heterocycles. The first kappa shape index (κ1) is 13.4. The summed E-state index contributed by atoms with van der Waals surface area (Å²) in [5, 5.41) is 0.845. The molecule has 0 amide bonds. The number of hydrogen-bond acceptors (Lipinski definition) is 3. The van der Waals surface area contributed by atoms with Crippen molar-refractivity contribution in [3.05, 3.63) is 35.0 Å². The zero-order valence-corrected chi connectivity index (χ0v) is 12.7. The van der Waals surface area contributed by atoms with E-state index in [1.54, 1.807) is 6.07 Å². The van der Waals surface area contributed by atoms with Crippen LogP contribution in [0.15, 0.2) is 24.3 Å². The minimum atomic E-state index is -0.239. The van der Waals surface area contributed by atoms with Gasteiger partial charge in [-0.1, -0.05) is 0 Å². The van der Waals surface area contributed by atoms with Gasteiger partial charge in [-0.15, -0.1) is 11.3 Å². The van der Waals surface area contributed by atoms with Gasteiger partial charge >= 0.3 is 0 Å². The van der Waals surface area contributed by atoms with Gasteiger partial charge in [0.2, 0.25) is 0 Å². The lowest BCUT2D eigenvalue weighted by atomic mass is 9.76. The molecule has 2 bridgehead atoms. The quantitative estimate of drug-likeness (QED) is 0.800. The maximum atomic E-state index is 13.2. The number of hydrogen-bond donors (Lipinski definition) is 0. The molecular weight excluding hydrogens is 285 g/mol. The summed E-state index contributed by atoms with van der Waals surface area (Å²) in [5.41, 5.74) is 0. The van der Waals surface area contributed by atoms with Crippen molar-refractivity contribution in [2.45, 2.75) is 19.3 Å². The second kappa shape index (κ2) is 5.18. The Bertz CT molecular complexity index is 687. The highest BCUT2D eigenvalue weighted by molar-refractivity contribution is 7.20. The number of carbonyl (C=O) groups is 1. The molecule has 110 valence electrons. The molecule has 2 nitrogen and oxygen atoms in total. The summed E-state index contributed by atoms with van der Waals surface area (Å²) in [6.07, 6.45) is 3.14. The Balaban J connectivity index is 1.53. The molecule has 3 aliphatic rings. The highest BCUT2D eigenvalue weighted by Gasteiger charge is 2.35. The maximum Gasteiger partial charge on any atom is 0.173 e. The average molecular weight is 303 g/mol. The summed E-state index contributed by atoms with van der Waals surface area (Å²) in [5.74, 6) is 1.24. The molecule has 2 aromatic rings. The van der Waals surface area contributed by atoms with Gasteiger partial charge < -0.3 is 4.90 Å². The van der Waals surface area contributed by atoms with Crippen LogP contribution in [0.3, 0.4) is 0 Å². The number of rotatable bonds is 3. The first-order valence-electron chi connectivity index (χ1n) is 7.64. The van der Waals surface area contributed by atoms with Crippen molar-refractivity contribution >= 4 is 27.2 Å². The maximum absolute atomic E-state index is 13.2. The van der Waals surface area contributed by atoms with Gasteiger partial charge in [-0.2, -0.15) is 0 Å². The molecule has 3 saturated heterocycles. The highest BCUT2D eigenvalue weighted by atomic mass is 32.1. The number of ketones is 1. The molecule has 1 atom stereocenters. The fourth-order valence-corrected chi connectivity index (χ4v) is 4.80. The highest BCUT2D eigenvalue weighted by Crippen LogP contribution is 2.36. The van der Waals surface area contributed by atoms with Crippen LogP contribution in [0.4, 0.5) is 4.39 Å². The molecule has 0 N–H and O–H groups in total. The van der Waals surface area contributed by atoms with Crippen molar-refractivity contribution in [2.24, 2.45) is 11.8 Å². The van der Waals surface area contributed by atoms with Crippen LogP contribution >= 0.6 is 11.3 Å². The van der Waals surface area contributed by atoms with Crippen LogP contribution in [0, 0.1) is 17.7 Å². The molecule has 3 fully saturated rings. The second-order valence-electron chi connectivity index (χ2n) is 6.32. The topological polar surface area (TPSA) is 20.3 Å². The molecule has 0 saturated carbocycles. The average Bonchev–Trinajstić information content (AvgIpc) is 2.91. The minimum absolute atomic E-state index is 0.232. The van der Waals surface area contributed by atoms with Gasteiger partial charge in [0.15, 0.2) is 5.78 Å². The molecule has 0 spiro atoms. The van der Waals surface area contributed by atoms with Gasteiger partial charge in [0.25, 0.3) is 0 Å². The van der Waals surface area contributed by atoms with Crippen LogP contribution in [0.5, 0.6) is 0 Å². The lowest BCUT2D eigenvalue weighted by molar-refractivity contribution is 0.0442. The smallest absolute Gasteiger partial charge is 0.173 e. The van der Waals surface area contributed by atoms with E-state index in [9.17, 15) is 9.18 Å². The Morgan fingerprint density at radius 3 is 2.81 bits per heavy atom. The number of halogens is 1. The monoisotopic (exact) mass is 303 g/mol. The van der Waals surface area contributed by atoms with Crippen LogP contribution in [0.1, 0.15) is 28.9 Å². The normalized spacial score (nSPS) is 28.1. The largest absolute Gasteiger partial charge is 0.303 e. The van der Waals surface area contributed by atoms with Crippen molar-refractivity contribution in [3.8, 4) is 0 Å².